The molecule has 0 aromatic heterocycles. The highest BCUT2D eigenvalue weighted by Gasteiger charge is 2.34. The first-order valence-corrected chi connectivity index (χ1v) is 6.72. The zero-order valence-electron chi connectivity index (χ0n) is 11.8. The Hall–Kier alpha value is -0.850. The zero-order chi connectivity index (χ0) is 14.4. The molecule has 0 radical (unpaired) electrons. The van der Waals surface area contributed by atoms with Gasteiger partial charge >= 0.3 is 11.9 Å². The maximum absolute atomic E-state index is 10.8. The molecule has 0 bridgehead atoms. The SMILES string of the molecule is COC(=O)C1CC(CN)C1.Cl.NCC1CC(C(=O)O)C1. The van der Waals surface area contributed by atoms with Crippen molar-refractivity contribution >= 4 is 24.3 Å². The highest BCUT2D eigenvalue weighted by atomic mass is 35.5. The van der Waals surface area contributed by atoms with Crippen LogP contribution in [-0.4, -0.2) is 37.2 Å². The van der Waals surface area contributed by atoms with Gasteiger partial charge in [0.1, 0.15) is 0 Å². The highest BCUT2D eigenvalue weighted by molar-refractivity contribution is 5.85. The van der Waals surface area contributed by atoms with E-state index in [1.54, 1.807) is 0 Å². The van der Waals surface area contributed by atoms with E-state index in [9.17, 15) is 9.59 Å². The van der Waals surface area contributed by atoms with Gasteiger partial charge < -0.3 is 21.3 Å². The quantitative estimate of drug-likeness (QED) is 0.656. The summed E-state index contributed by atoms with van der Waals surface area (Å²) in [5.41, 5.74) is 10.7. The smallest absolute Gasteiger partial charge is 0.308 e. The van der Waals surface area contributed by atoms with Gasteiger partial charge in [-0.15, -0.1) is 12.4 Å². The Bertz CT molecular complexity index is 315. The van der Waals surface area contributed by atoms with Crippen LogP contribution in [0, 0.1) is 23.7 Å². The van der Waals surface area contributed by atoms with Gasteiger partial charge in [0.05, 0.1) is 18.9 Å². The summed E-state index contributed by atoms with van der Waals surface area (Å²) >= 11 is 0. The van der Waals surface area contributed by atoms with E-state index in [4.69, 9.17) is 16.6 Å². The fourth-order valence-electron chi connectivity index (χ4n) is 2.42. The van der Waals surface area contributed by atoms with Crippen LogP contribution in [0.25, 0.3) is 0 Å². The number of aliphatic carboxylic acids is 1. The van der Waals surface area contributed by atoms with Crippen molar-refractivity contribution in [2.24, 2.45) is 35.1 Å². The first kappa shape index (κ1) is 19.1. The van der Waals surface area contributed by atoms with Crippen LogP contribution < -0.4 is 11.5 Å². The van der Waals surface area contributed by atoms with Gasteiger partial charge in [-0.25, -0.2) is 0 Å². The third kappa shape index (κ3) is 5.26. The molecule has 0 saturated heterocycles. The second-order valence-corrected chi connectivity index (χ2v) is 5.40. The van der Waals surface area contributed by atoms with Crippen molar-refractivity contribution in [3.8, 4) is 0 Å². The van der Waals surface area contributed by atoms with E-state index in [2.05, 4.69) is 4.74 Å². The fourth-order valence-corrected chi connectivity index (χ4v) is 2.42. The molecule has 0 unspecified atom stereocenters. The molecule has 2 aliphatic carbocycles. The van der Waals surface area contributed by atoms with Gasteiger partial charge in [-0.3, -0.25) is 9.59 Å². The number of halogens is 1. The molecule has 5 N–H and O–H groups in total. The Morgan fingerprint density at radius 2 is 1.45 bits per heavy atom. The standard InChI is InChI=1S/C7H13NO2.C6H11NO2.ClH/c1-10-7(9)6-2-5(3-6)4-8;7-3-4-1-5(2-4)6(8)9;/h5-6H,2-4,8H2,1H3;4-5H,1-3,7H2,(H,8,9);1H. The summed E-state index contributed by atoms with van der Waals surface area (Å²) in [4.78, 5) is 21.0. The largest absolute Gasteiger partial charge is 0.481 e. The molecular weight excluding hydrogens is 284 g/mol. The third-order valence-corrected chi connectivity index (χ3v) is 4.02. The van der Waals surface area contributed by atoms with Crippen molar-refractivity contribution < 1.29 is 19.4 Å². The average Bonchev–Trinajstić information content (AvgIpc) is 2.26. The molecular formula is C13H25ClN2O4. The summed E-state index contributed by atoms with van der Waals surface area (Å²) in [5.74, 6) is 0.330. The predicted octanol–water partition coefficient (Wildman–Crippen LogP) is 0.622. The lowest BCUT2D eigenvalue weighted by Gasteiger charge is -2.31. The van der Waals surface area contributed by atoms with E-state index in [-0.39, 0.29) is 30.2 Å². The number of carboxylic acid groups (broad SMARTS) is 1. The van der Waals surface area contributed by atoms with Gasteiger partial charge in [0.25, 0.3) is 0 Å². The van der Waals surface area contributed by atoms with Crippen molar-refractivity contribution in [1.82, 2.24) is 0 Å². The number of hydrogen-bond donors (Lipinski definition) is 3. The minimum absolute atomic E-state index is 0. The van der Waals surface area contributed by atoms with Crippen LogP contribution in [-0.2, 0) is 14.3 Å². The number of esters is 1. The van der Waals surface area contributed by atoms with E-state index < -0.39 is 5.97 Å². The minimum atomic E-state index is -0.667. The van der Waals surface area contributed by atoms with Gasteiger partial charge in [0.2, 0.25) is 0 Å². The van der Waals surface area contributed by atoms with E-state index in [0.29, 0.717) is 24.9 Å². The van der Waals surface area contributed by atoms with E-state index in [1.165, 1.54) is 7.11 Å². The zero-order valence-corrected chi connectivity index (χ0v) is 12.6. The number of carboxylic acids is 1. The molecule has 0 heterocycles. The maximum Gasteiger partial charge on any atom is 0.308 e. The van der Waals surface area contributed by atoms with Gasteiger partial charge in [-0.1, -0.05) is 0 Å². The van der Waals surface area contributed by atoms with Crippen LogP contribution in [0.1, 0.15) is 25.7 Å². The summed E-state index contributed by atoms with van der Waals surface area (Å²) in [7, 11) is 1.43. The summed E-state index contributed by atoms with van der Waals surface area (Å²) in [6.45, 7) is 1.34. The van der Waals surface area contributed by atoms with Gasteiger partial charge in [-0.05, 0) is 50.6 Å². The Kier molecular flexibility index (Phi) is 8.76. The molecule has 0 aliphatic heterocycles. The Balaban J connectivity index is 0.000000345. The molecule has 6 nitrogen and oxygen atoms in total. The number of ether oxygens (including phenoxy) is 1. The number of hydrogen-bond acceptors (Lipinski definition) is 5. The summed E-state index contributed by atoms with van der Waals surface area (Å²) in [5, 5.41) is 8.41. The van der Waals surface area contributed by atoms with Crippen LogP contribution in [0.4, 0.5) is 0 Å². The highest BCUT2D eigenvalue weighted by Crippen LogP contribution is 2.33. The molecule has 7 heteroatoms. The van der Waals surface area contributed by atoms with Crippen molar-refractivity contribution in [1.29, 1.82) is 0 Å². The van der Waals surface area contributed by atoms with Crippen LogP contribution >= 0.6 is 12.4 Å². The molecule has 0 aromatic carbocycles. The number of nitrogens with two attached hydrogens (primary N) is 2. The Morgan fingerprint density at radius 3 is 1.75 bits per heavy atom. The first-order valence-electron chi connectivity index (χ1n) is 6.72. The van der Waals surface area contributed by atoms with Crippen molar-refractivity contribution in [2.75, 3.05) is 20.2 Å². The van der Waals surface area contributed by atoms with E-state index >= 15 is 0 Å². The normalized spacial score (nSPS) is 30.6. The minimum Gasteiger partial charge on any atom is -0.481 e. The molecule has 2 rings (SSSR count). The monoisotopic (exact) mass is 308 g/mol. The third-order valence-electron chi connectivity index (χ3n) is 4.02. The van der Waals surface area contributed by atoms with Gasteiger partial charge in [0.15, 0.2) is 0 Å². The number of methoxy groups -OCH3 is 1. The number of carbonyl (C=O) groups excluding carboxylic acids is 1. The molecule has 2 aliphatic rings. The maximum atomic E-state index is 10.8. The number of rotatable bonds is 4. The molecule has 20 heavy (non-hydrogen) atoms. The summed E-state index contributed by atoms with van der Waals surface area (Å²) < 4.78 is 4.57. The molecule has 2 fully saturated rings. The topological polar surface area (TPSA) is 116 Å². The van der Waals surface area contributed by atoms with E-state index in [1.807, 2.05) is 0 Å². The average molecular weight is 309 g/mol. The van der Waals surface area contributed by atoms with Crippen LogP contribution in [0.5, 0.6) is 0 Å². The Labute approximate surface area is 125 Å². The number of carbonyl (C=O) groups is 2. The molecule has 2 saturated carbocycles. The molecule has 0 atom stereocenters. The van der Waals surface area contributed by atoms with Crippen LogP contribution in [0.2, 0.25) is 0 Å². The van der Waals surface area contributed by atoms with Crippen LogP contribution in [0.15, 0.2) is 0 Å². The predicted molar refractivity (Wildman–Crippen MR) is 77.4 cm³/mol. The fraction of sp³-hybridized carbons (Fsp3) is 0.846. The molecule has 0 spiro atoms. The van der Waals surface area contributed by atoms with Crippen molar-refractivity contribution in [3.05, 3.63) is 0 Å². The van der Waals surface area contributed by atoms with Gasteiger partial charge in [-0.2, -0.15) is 0 Å². The Morgan fingerprint density at radius 1 is 1.05 bits per heavy atom. The van der Waals surface area contributed by atoms with Crippen LogP contribution in [0.3, 0.4) is 0 Å². The lowest BCUT2D eigenvalue weighted by molar-refractivity contribution is -0.150. The lowest BCUT2D eigenvalue weighted by atomic mass is 9.75. The molecule has 0 amide bonds. The first-order chi connectivity index (χ1) is 9.01. The van der Waals surface area contributed by atoms with Crippen molar-refractivity contribution in [2.45, 2.75) is 25.7 Å². The second-order valence-electron chi connectivity index (χ2n) is 5.40. The van der Waals surface area contributed by atoms with E-state index in [0.717, 1.165) is 25.7 Å². The second kappa shape index (κ2) is 9.15. The summed E-state index contributed by atoms with van der Waals surface area (Å²) in [6.07, 6.45) is 3.41. The summed E-state index contributed by atoms with van der Waals surface area (Å²) in [6, 6.07) is 0. The van der Waals surface area contributed by atoms with Crippen molar-refractivity contribution in [3.63, 3.8) is 0 Å². The molecule has 118 valence electrons. The van der Waals surface area contributed by atoms with Gasteiger partial charge in [0, 0.05) is 0 Å². The lowest BCUT2D eigenvalue weighted by Crippen LogP contribution is -2.35. The molecule has 0 aromatic rings.